The van der Waals surface area contributed by atoms with Gasteiger partial charge in [-0.2, -0.15) is 5.10 Å². The van der Waals surface area contributed by atoms with E-state index in [4.69, 9.17) is 9.47 Å². The molecule has 1 aromatic heterocycles. The van der Waals surface area contributed by atoms with Gasteiger partial charge in [0.05, 0.1) is 18.3 Å². The quantitative estimate of drug-likeness (QED) is 0.881. The fraction of sp³-hybridized carbons (Fsp3) is 0.444. The fourth-order valence-corrected chi connectivity index (χ4v) is 2.85. The summed E-state index contributed by atoms with van der Waals surface area (Å²) in [7, 11) is 1.63. The Labute approximate surface area is 141 Å². The molecular formula is C18H23N3O3. The lowest BCUT2D eigenvalue weighted by atomic mass is 10.1. The zero-order chi connectivity index (χ0) is 16.9. The van der Waals surface area contributed by atoms with Gasteiger partial charge in [-0.3, -0.25) is 9.89 Å². The second-order valence-electron chi connectivity index (χ2n) is 5.94. The number of benzene rings is 1. The van der Waals surface area contributed by atoms with E-state index in [0.29, 0.717) is 18.9 Å². The van der Waals surface area contributed by atoms with Crippen molar-refractivity contribution >= 4 is 5.91 Å². The number of aryl methyl sites for hydroxylation is 1. The molecule has 1 amide bonds. The van der Waals surface area contributed by atoms with Crippen molar-refractivity contribution in [1.29, 1.82) is 0 Å². The smallest absolute Gasteiger partial charge is 0.269 e. The number of aromatic amines is 1. The van der Waals surface area contributed by atoms with Crippen molar-refractivity contribution in [3.63, 3.8) is 0 Å². The Morgan fingerprint density at radius 1 is 1.42 bits per heavy atom. The van der Waals surface area contributed by atoms with Gasteiger partial charge in [0.25, 0.3) is 5.91 Å². The molecular weight excluding hydrogens is 306 g/mol. The van der Waals surface area contributed by atoms with Gasteiger partial charge in [-0.25, -0.2) is 0 Å². The van der Waals surface area contributed by atoms with Crippen molar-refractivity contribution in [2.45, 2.75) is 31.9 Å². The van der Waals surface area contributed by atoms with Crippen LogP contribution in [0.5, 0.6) is 0 Å². The van der Waals surface area contributed by atoms with Crippen LogP contribution in [0.4, 0.5) is 0 Å². The molecule has 24 heavy (non-hydrogen) atoms. The highest BCUT2D eigenvalue weighted by atomic mass is 16.5. The number of nitrogens with zero attached hydrogens (tertiary/aromatic N) is 1. The number of hydrogen-bond donors (Lipinski definition) is 2. The van der Waals surface area contributed by atoms with E-state index in [2.05, 4.69) is 34.6 Å². The molecule has 0 saturated carbocycles. The number of rotatable bonds is 5. The molecule has 6 nitrogen and oxygen atoms in total. The summed E-state index contributed by atoms with van der Waals surface area (Å²) in [5.74, 6) is -0.173. The highest BCUT2D eigenvalue weighted by Crippen LogP contribution is 2.19. The van der Waals surface area contributed by atoms with Crippen LogP contribution in [0, 0.1) is 0 Å². The van der Waals surface area contributed by atoms with E-state index < -0.39 is 0 Å². The van der Waals surface area contributed by atoms with Gasteiger partial charge in [0.15, 0.2) is 0 Å². The lowest BCUT2D eigenvalue weighted by Gasteiger charge is -2.30. The Balaban J connectivity index is 1.68. The molecule has 0 radical (unpaired) electrons. The molecule has 6 heteroatoms. The number of aromatic nitrogens is 2. The minimum atomic E-state index is -0.173. The van der Waals surface area contributed by atoms with Crippen LogP contribution in [0.1, 0.15) is 29.4 Å². The van der Waals surface area contributed by atoms with Crippen molar-refractivity contribution in [3.05, 3.63) is 41.6 Å². The number of methoxy groups -OCH3 is 1. The summed E-state index contributed by atoms with van der Waals surface area (Å²) < 4.78 is 10.7. The van der Waals surface area contributed by atoms with Crippen LogP contribution in [0.25, 0.3) is 11.3 Å². The molecule has 0 spiro atoms. The Morgan fingerprint density at radius 2 is 2.21 bits per heavy atom. The summed E-state index contributed by atoms with van der Waals surface area (Å²) in [5.41, 5.74) is 3.48. The molecule has 1 aliphatic rings. The first-order valence-electron chi connectivity index (χ1n) is 8.27. The summed E-state index contributed by atoms with van der Waals surface area (Å²) in [6.07, 6.45) is 1.62. The van der Waals surface area contributed by atoms with Gasteiger partial charge in [0, 0.05) is 19.3 Å². The van der Waals surface area contributed by atoms with Crippen LogP contribution in [-0.4, -0.2) is 48.6 Å². The van der Waals surface area contributed by atoms with Crippen LogP contribution in [-0.2, 0) is 15.9 Å². The number of carbonyl (C=O) groups is 1. The Kier molecular flexibility index (Phi) is 5.27. The molecule has 3 rings (SSSR count). The lowest BCUT2D eigenvalue weighted by Crippen LogP contribution is -2.49. The van der Waals surface area contributed by atoms with Crippen LogP contribution >= 0.6 is 0 Å². The first-order valence-corrected chi connectivity index (χ1v) is 8.27. The van der Waals surface area contributed by atoms with E-state index in [1.807, 2.05) is 12.1 Å². The van der Waals surface area contributed by atoms with Gasteiger partial charge < -0.3 is 14.8 Å². The molecule has 2 N–H and O–H groups in total. The number of nitrogens with one attached hydrogen (secondary N) is 2. The predicted molar refractivity (Wildman–Crippen MR) is 90.9 cm³/mol. The third kappa shape index (κ3) is 3.66. The summed E-state index contributed by atoms with van der Waals surface area (Å²) in [6, 6.07) is 9.93. The van der Waals surface area contributed by atoms with Crippen molar-refractivity contribution in [1.82, 2.24) is 15.5 Å². The monoisotopic (exact) mass is 329 g/mol. The van der Waals surface area contributed by atoms with Gasteiger partial charge in [0.2, 0.25) is 0 Å². The molecule has 128 valence electrons. The van der Waals surface area contributed by atoms with Crippen LogP contribution in [0.15, 0.2) is 30.3 Å². The minimum absolute atomic E-state index is 0.0492. The summed E-state index contributed by atoms with van der Waals surface area (Å²) in [6.45, 7) is 3.25. The first-order chi connectivity index (χ1) is 11.7. The number of hydrogen-bond acceptors (Lipinski definition) is 4. The van der Waals surface area contributed by atoms with Gasteiger partial charge in [-0.05, 0) is 24.5 Å². The highest BCUT2D eigenvalue weighted by Gasteiger charge is 2.27. The molecule has 1 fully saturated rings. The topological polar surface area (TPSA) is 76.2 Å². The van der Waals surface area contributed by atoms with E-state index in [-0.39, 0.29) is 18.1 Å². The molecule has 0 aliphatic carbocycles. The number of ether oxygens (including phenoxy) is 2. The highest BCUT2D eigenvalue weighted by molar-refractivity contribution is 5.93. The van der Waals surface area contributed by atoms with Crippen molar-refractivity contribution in [2.75, 3.05) is 20.3 Å². The third-order valence-corrected chi connectivity index (χ3v) is 4.40. The van der Waals surface area contributed by atoms with E-state index in [9.17, 15) is 4.79 Å². The van der Waals surface area contributed by atoms with E-state index in [1.54, 1.807) is 13.2 Å². The first kappa shape index (κ1) is 16.7. The average molecular weight is 329 g/mol. The Hall–Kier alpha value is -2.18. The Bertz CT molecular complexity index is 681. The lowest BCUT2D eigenvalue weighted by molar-refractivity contribution is -0.0479. The average Bonchev–Trinajstić information content (AvgIpc) is 3.12. The number of H-pyrrole nitrogens is 1. The Morgan fingerprint density at radius 3 is 2.92 bits per heavy atom. The number of carbonyl (C=O) groups excluding carboxylic acids is 1. The maximum absolute atomic E-state index is 12.4. The molecule has 0 unspecified atom stereocenters. The zero-order valence-electron chi connectivity index (χ0n) is 14.0. The normalized spacial score (nSPS) is 20.8. The fourth-order valence-electron chi connectivity index (χ4n) is 2.85. The van der Waals surface area contributed by atoms with Gasteiger partial charge >= 0.3 is 0 Å². The summed E-state index contributed by atoms with van der Waals surface area (Å²) in [5, 5.41) is 10.1. The van der Waals surface area contributed by atoms with Crippen LogP contribution < -0.4 is 5.32 Å². The van der Waals surface area contributed by atoms with Crippen LogP contribution in [0.3, 0.4) is 0 Å². The van der Waals surface area contributed by atoms with E-state index in [0.717, 1.165) is 24.1 Å². The number of amides is 1. The van der Waals surface area contributed by atoms with Crippen molar-refractivity contribution in [3.8, 4) is 11.3 Å². The van der Waals surface area contributed by atoms with Crippen LogP contribution in [0.2, 0.25) is 0 Å². The maximum Gasteiger partial charge on any atom is 0.269 e. The molecule has 0 bridgehead atoms. The summed E-state index contributed by atoms with van der Waals surface area (Å²) >= 11 is 0. The van der Waals surface area contributed by atoms with Gasteiger partial charge in [0.1, 0.15) is 11.8 Å². The minimum Gasteiger partial charge on any atom is -0.379 e. The molecule has 2 heterocycles. The second kappa shape index (κ2) is 7.59. The van der Waals surface area contributed by atoms with Crippen molar-refractivity contribution < 1.29 is 14.3 Å². The second-order valence-corrected chi connectivity index (χ2v) is 5.94. The van der Waals surface area contributed by atoms with Crippen molar-refractivity contribution in [2.24, 2.45) is 0 Å². The summed E-state index contributed by atoms with van der Waals surface area (Å²) in [4.78, 5) is 12.4. The van der Waals surface area contributed by atoms with Gasteiger partial charge in [-0.1, -0.05) is 31.2 Å². The third-order valence-electron chi connectivity index (χ3n) is 4.40. The molecule has 2 aromatic rings. The zero-order valence-corrected chi connectivity index (χ0v) is 14.0. The molecule has 1 aromatic carbocycles. The molecule has 1 saturated heterocycles. The standard InChI is InChI=1S/C18H23N3O3/c1-3-12-4-6-13(7-5-12)15-10-16(21-20-15)18(22)19-14-8-9-24-11-17(14)23-2/h4-7,10,14,17H,3,8-9,11H2,1-2H3,(H,19,22)(H,20,21)/t14-,17-/m1/s1. The molecule has 2 atom stereocenters. The van der Waals surface area contributed by atoms with Gasteiger partial charge in [-0.15, -0.1) is 0 Å². The van der Waals surface area contributed by atoms with E-state index in [1.165, 1.54) is 5.56 Å². The van der Waals surface area contributed by atoms with E-state index >= 15 is 0 Å². The SMILES string of the molecule is CCc1ccc(-c2cc(C(=O)N[C@@H]3CCOC[C@H]3OC)[nH]n2)cc1. The maximum atomic E-state index is 12.4. The predicted octanol–water partition coefficient (Wildman–Crippen LogP) is 2.17. The largest absolute Gasteiger partial charge is 0.379 e. The molecule has 1 aliphatic heterocycles.